The smallest absolute Gasteiger partial charge is 0.325 e. The lowest BCUT2D eigenvalue weighted by atomic mass is 10.1. The van der Waals surface area contributed by atoms with Gasteiger partial charge in [-0.25, -0.2) is 0 Å². The zero-order chi connectivity index (χ0) is 13.1. The van der Waals surface area contributed by atoms with Crippen molar-refractivity contribution in [1.29, 1.82) is 0 Å². The zero-order valence-corrected chi connectivity index (χ0v) is 10.2. The molecule has 1 aliphatic rings. The van der Waals surface area contributed by atoms with Gasteiger partial charge in [-0.2, -0.15) is 0 Å². The molecule has 98 valence electrons. The molecule has 0 amide bonds. The van der Waals surface area contributed by atoms with E-state index >= 15 is 0 Å². The van der Waals surface area contributed by atoms with Gasteiger partial charge in [0.25, 0.3) is 0 Å². The molecule has 6 heteroatoms. The molecular weight excluding hydrogens is 238 g/mol. The van der Waals surface area contributed by atoms with Gasteiger partial charge >= 0.3 is 5.97 Å². The van der Waals surface area contributed by atoms with Gasteiger partial charge in [0.05, 0.1) is 20.8 Å². The first kappa shape index (κ1) is 12.7. The van der Waals surface area contributed by atoms with Crippen molar-refractivity contribution < 1.29 is 24.1 Å². The molecule has 0 saturated carbocycles. The quantitative estimate of drug-likeness (QED) is 0.766. The van der Waals surface area contributed by atoms with E-state index in [9.17, 15) is 9.90 Å². The summed E-state index contributed by atoms with van der Waals surface area (Å²) in [5, 5.41) is 12.8. The first-order chi connectivity index (χ1) is 8.65. The van der Waals surface area contributed by atoms with Crippen LogP contribution in [0.15, 0.2) is 18.2 Å². The Hall–Kier alpha value is -1.79. The fourth-order valence-corrected chi connectivity index (χ4v) is 1.80. The predicted octanol–water partition coefficient (Wildman–Crippen LogP) is 0.561. The first-order valence-electron chi connectivity index (χ1n) is 5.48. The molecule has 1 saturated heterocycles. The molecule has 2 rings (SSSR count). The van der Waals surface area contributed by atoms with Crippen molar-refractivity contribution in [2.24, 2.45) is 0 Å². The second-order valence-corrected chi connectivity index (χ2v) is 3.88. The Balaban J connectivity index is 2.12. The van der Waals surface area contributed by atoms with Gasteiger partial charge in [-0.1, -0.05) is 0 Å². The van der Waals surface area contributed by atoms with Crippen molar-refractivity contribution in [2.75, 3.05) is 20.8 Å². The molecule has 6 nitrogen and oxygen atoms in total. The van der Waals surface area contributed by atoms with E-state index in [4.69, 9.17) is 9.47 Å². The fraction of sp³-hybridized carbons (Fsp3) is 0.417. The van der Waals surface area contributed by atoms with E-state index in [1.807, 2.05) is 0 Å². The molecule has 0 bridgehead atoms. The third-order valence-electron chi connectivity index (χ3n) is 2.79. The minimum absolute atomic E-state index is 0.0531. The van der Waals surface area contributed by atoms with Gasteiger partial charge in [0, 0.05) is 11.6 Å². The number of carbonyl (C=O) groups is 1. The van der Waals surface area contributed by atoms with E-state index in [1.165, 1.54) is 20.3 Å². The zero-order valence-electron chi connectivity index (χ0n) is 10.2. The maximum absolute atomic E-state index is 11.3. The van der Waals surface area contributed by atoms with Crippen LogP contribution in [0.4, 0.5) is 0 Å². The Morgan fingerprint density at radius 3 is 2.89 bits per heavy atom. The molecule has 0 aromatic heterocycles. The van der Waals surface area contributed by atoms with Gasteiger partial charge in [0.15, 0.2) is 0 Å². The van der Waals surface area contributed by atoms with Crippen molar-refractivity contribution >= 4 is 5.97 Å². The Morgan fingerprint density at radius 1 is 1.50 bits per heavy atom. The van der Waals surface area contributed by atoms with Gasteiger partial charge in [-0.15, -0.1) is 0 Å². The highest BCUT2D eigenvalue weighted by Gasteiger charge is 2.32. The van der Waals surface area contributed by atoms with E-state index in [2.05, 4.69) is 10.1 Å². The van der Waals surface area contributed by atoms with Crippen molar-refractivity contribution in [3.63, 3.8) is 0 Å². The van der Waals surface area contributed by atoms with Crippen LogP contribution in [0.2, 0.25) is 0 Å². The second-order valence-electron chi connectivity index (χ2n) is 3.88. The predicted molar refractivity (Wildman–Crippen MR) is 62.3 cm³/mol. The number of hydrogen-bond acceptors (Lipinski definition) is 6. The van der Waals surface area contributed by atoms with Crippen LogP contribution in [-0.2, 0) is 14.3 Å². The number of phenols is 1. The molecule has 2 unspecified atom stereocenters. The number of benzene rings is 1. The molecule has 1 fully saturated rings. The van der Waals surface area contributed by atoms with Crippen LogP contribution in [0.25, 0.3) is 0 Å². The topological polar surface area (TPSA) is 77.0 Å². The monoisotopic (exact) mass is 253 g/mol. The number of aromatic hydroxyl groups is 1. The number of methoxy groups -OCH3 is 2. The molecule has 1 aliphatic heterocycles. The van der Waals surface area contributed by atoms with Gasteiger partial charge < -0.3 is 19.3 Å². The number of phenolic OH excluding ortho intramolecular Hbond substituents is 1. The van der Waals surface area contributed by atoms with E-state index in [1.54, 1.807) is 12.1 Å². The van der Waals surface area contributed by atoms with Crippen molar-refractivity contribution in [1.82, 2.24) is 5.32 Å². The summed E-state index contributed by atoms with van der Waals surface area (Å²) in [5.41, 5.74) is 0.558. The minimum atomic E-state index is -0.528. The van der Waals surface area contributed by atoms with Crippen LogP contribution in [-0.4, -0.2) is 37.9 Å². The molecule has 1 aromatic carbocycles. The molecule has 0 aliphatic carbocycles. The Bertz CT molecular complexity index is 448. The summed E-state index contributed by atoms with van der Waals surface area (Å²) in [6.45, 7) is 0.211. The van der Waals surface area contributed by atoms with Crippen LogP contribution in [0.1, 0.15) is 11.8 Å². The number of esters is 1. The van der Waals surface area contributed by atoms with Crippen molar-refractivity contribution in [3.05, 3.63) is 23.8 Å². The second kappa shape index (κ2) is 5.24. The third-order valence-corrected chi connectivity index (χ3v) is 2.79. The van der Waals surface area contributed by atoms with E-state index < -0.39 is 12.3 Å². The average molecular weight is 253 g/mol. The molecule has 1 heterocycles. The highest BCUT2D eigenvalue weighted by atomic mass is 16.5. The molecule has 2 N–H and O–H groups in total. The van der Waals surface area contributed by atoms with Crippen molar-refractivity contribution in [3.8, 4) is 11.5 Å². The standard InChI is InChI=1S/C12H15NO5/c1-16-7-3-4-8(10(14)5-7)11-13-9(6-18-11)12(15)17-2/h3-5,9,11,13-14H,6H2,1-2H3. The molecule has 0 spiro atoms. The van der Waals surface area contributed by atoms with Crippen LogP contribution >= 0.6 is 0 Å². The molecule has 2 atom stereocenters. The van der Waals surface area contributed by atoms with Gasteiger partial charge in [0.1, 0.15) is 23.8 Å². The summed E-state index contributed by atoms with van der Waals surface area (Å²) < 4.78 is 15.0. The molecule has 0 radical (unpaired) electrons. The van der Waals surface area contributed by atoms with Crippen LogP contribution < -0.4 is 10.1 Å². The fourth-order valence-electron chi connectivity index (χ4n) is 1.80. The number of hydrogen-bond donors (Lipinski definition) is 2. The summed E-state index contributed by atoms with van der Waals surface area (Å²) in [6, 6.07) is 4.38. The Labute approximate surface area is 104 Å². The highest BCUT2D eigenvalue weighted by molar-refractivity contribution is 5.76. The summed E-state index contributed by atoms with van der Waals surface area (Å²) >= 11 is 0. The lowest BCUT2D eigenvalue weighted by molar-refractivity contribution is -0.142. The summed E-state index contributed by atoms with van der Waals surface area (Å²) in [6.07, 6.45) is -0.528. The normalized spacial score (nSPS) is 22.8. The molecular formula is C12H15NO5. The molecule has 1 aromatic rings. The number of carbonyl (C=O) groups excluding carboxylic acids is 1. The van der Waals surface area contributed by atoms with E-state index in [-0.39, 0.29) is 18.3 Å². The average Bonchev–Trinajstić information content (AvgIpc) is 2.87. The Morgan fingerprint density at radius 2 is 2.28 bits per heavy atom. The van der Waals surface area contributed by atoms with E-state index in [0.29, 0.717) is 11.3 Å². The van der Waals surface area contributed by atoms with Gasteiger partial charge in [-0.3, -0.25) is 10.1 Å². The minimum Gasteiger partial charge on any atom is -0.507 e. The number of ether oxygens (including phenoxy) is 3. The highest BCUT2D eigenvalue weighted by Crippen LogP contribution is 2.31. The maximum Gasteiger partial charge on any atom is 0.325 e. The third kappa shape index (κ3) is 2.39. The van der Waals surface area contributed by atoms with E-state index in [0.717, 1.165) is 0 Å². The summed E-state index contributed by atoms with van der Waals surface area (Å²) in [5.74, 6) is 0.224. The Kier molecular flexibility index (Phi) is 3.69. The lowest BCUT2D eigenvalue weighted by Crippen LogP contribution is -2.34. The van der Waals surface area contributed by atoms with Crippen LogP contribution in [0.3, 0.4) is 0 Å². The number of nitrogens with one attached hydrogen (secondary N) is 1. The largest absolute Gasteiger partial charge is 0.507 e. The summed E-state index contributed by atoms with van der Waals surface area (Å²) in [7, 11) is 2.84. The SMILES string of the molecule is COC(=O)C1COC(c2ccc(OC)cc2O)N1. The molecule has 18 heavy (non-hydrogen) atoms. The summed E-state index contributed by atoms with van der Waals surface area (Å²) in [4.78, 5) is 11.3. The first-order valence-corrected chi connectivity index (χ1v) is 5.48. The van der Waals surface area contributed by atoms with Crippen LogP contribution in [0.5, 0.6) is 11.5 Å². The van der Waals surface area contributed by atoms with Crippen LogP contribution in [0, 0.1) is 0 Å². The maximum atomic E-state index is 11.3. The van der Waals surface area contributed by atoms with Gasteiger partial charge in [-0.05, 0) is 12.1 Å². The van der Waals surface area contributed by atoms with Gasteiger partial charge in [0.2, 0.25) is 0 Å². The van der Waals surface area contributed by atoms with Crippen molar-refractivity contribution in [2.45, 2.75) is 12.3 Å². The number of rotatable bonds is 3. The lowest BCUT2D eigenvalue weighted by Gasteiger charge is -2.13.